The van der Waals surface area contributed by atoms with Crippen LogP contribution in [-0.2, 0) is 23.9 Å². The van der Waals surface area contributed by atoms with Crippen LogP contribution in [0.3, 0.4) is 0 Å². The van der Waals surface area contributed by atoms with Crippen molar-refractivity contribution >= 4 is 17.7 Å². The number of Topliss-reactive ketones (excluding diaryl/α,β-unsaturated/α-hetero) is 1. The maximum atomic E-state index is 12.8. The van der Waals surface area contributed by atoms with Crippen molar-refractivity contribution in [3.05, 3.63) is 30.1 Å². The molecule has 1 aliphatic rings. The number of nitrogens with zero attached hydrogens (tertiary/aromatic N) is 1. The number of aliphatic hydroxyl groups is 1. The first-order valence-corrected chi connectivity index (χ1v) is 9.11. The standard InChI is InChI=1S/C20H27NO6/c1-11(2)26-18(23)16-14(22)10-20(5,25)17(19(24)27-12(3)4)15(16)13-8-6-7-9-21-13/h6-9,11-12,15-17,25H,10H2,1-5H3/t15-,16+,17-,20+/m1/s1. The number of carbonyl (C=O) groups is 3. The molecule has 0 unspecified atom stereocenters. The molecule has 0 aliphatic heterocycles. The van der Waals surface area contributed by atoms with Crippen molar-refractivity contribution in [2.24, 2.45) is 11.8 Å². The molecule has 1 fully saturated rings. The van der Waals surface area contributed by atoms with Crippen molar-refractivity contribution in [1.29, 1.82) is 0 Å². The molecule has 2 rings (SSSR count). The number of aromatic nitrogens is 1. The van der Waals surface area contributed by atoms with E-state index in [2.05, 4.69) is 4.98 Å². The molecule has 1 aromatic heterocycles. The number of rotatable bonds is 5. The van der Waals surface area contributed by atoms with E-state index in [-0.39, 0.29) is 6.42 Å². The third-order valence-corrected chi connectivity index (χ3v) is 4.51. The molecule has 1 aromatic rings. The van der Waals surface area contributed by atoms with E-state index in [0.717, 1.165) is 0 Å². The molecule has 1 heterocycles. The minimum Gasteiger partial charge on any atom is -0.463 e. The zero-order valence-electron chi connectivity index (χ0n) is 16.3. The van der Waals surface area contributed by atoms with Crippen molar-refractivity contribution in [1.82, 2.24) is 4.98 Å². The minimum absolute atomic E-state index is 0.341. The number of hydrogen-bond acceptors (Lipinski definition) is 7. The van der Waals surface area contributed by atoms with E-state index in [4.69, 9.17) is 9.47 Å². The SMILES string of the molecule is CC(C)OC(=O)[C@H]1C(=O)C[C@](C)(O)[C@@H](C(=O)OC(C)C)[C@@H]1c1ccccn1. The van der Waals surface area contributed by atoms with Crippen LogP contribution in [0.25, 0.3) is 0 Å². The topological polar surface area (TPSA) is 103 Å². The Balaban J connectivity index is 2.57. The summed E-state index contributed by atoms with van der Waals surface area (Å²) in [6.07, 6.45) is 0.347. The maximum Gasteiger partial charge on any atom is 0.317 e. The van der Waals surface area contributed by atoms with Crippen LogP contribution < -0.4 is 0 Å². The first kappa shape index (κ1) is 21.0. The van der Waals surface area contributed by atoms with Crippen LogP contribution in [0.2, 0.25) is 0 Å². The maximum absolute atomic E-state index is 12.8. The fourth-order valence-corrected chi connectivity index (χ4v) is 3.56. The molecule has 0 spiro atoms. The average molecular weight is 377 g/mol. The molecule has 0 radical (unpaired) electrons. The summed E-state index contributed by atoms with van der Waals surface area (Å²) in [7, 11) is 0. The molecule has 27 heavy (non-hydrogen) atoms. The van der Waals surface area contributed by atoms with E-state index >= 15 is 0 Å². The van der Waals surface area contributed by atoms with Gasteiger partial charge >= 0.3 is 11.9 Å². The van der Waals surface area contributed by atoms with Gasteiger partial charge in [0.05, 0.1) is 23.7 Å². The highest BCUT2D eigenvalue weighted by molar-refractivity contribution is 6.02. The van der Waals surface area contributed by atoms with Crippen LogP contribution in [-0.4, -0.2) is 45.6 Å². The van der Waals surface area contributed by atoms with Gasteiger partial charge in [-0.05, 0) is 46.8 Å². The second-order valence-electron chi connectivity index (χ2n) is 7.71. The van der Waals surface area contributed by atoms with E-state index in [1.54, 1.807) is 45.9 Å². The monoisotopic (exact) mass is 377 g/mol. The lowest BCUT2D eigenvalue weighted by molar-refractivity contribution is -0.176. The Hall–Kier alpha value is -2.28. The van der Waals surface area contributed by atoms with Gasteiger partial charge in [0.25, 0.3) is 0 Å². The highest BCUT2D eigenvalue weighted by Gasteiger charge is 2.57. The van der Waals surface area contributed by atoms with Gasteiger partial charge in [0.1, 0.15) is 5.92 Å². The van der Waals surface area contributed by atoms with Crippen molar-refractivity contribution < 1.29 is 29.0 Å². The molecule has 1 N–H and O–H groups in total. The molecule has 7 heteroatoms. The lowest BCUT2D eigenvalue weighted by Crippen LogP contribution is -2.55. The molecule has 0 saturated heterocycles. The van der Waals surface area contributed by atoms with E-state index in [0.29, 0.717) is 5.69 Å². The Bertz CT molecular complexity index is 690. The molecule has 7 nitrogen and oxygen atoms in total. The highest BCUT2D eigenvalue weighted by Crippen LogP contribution is 2.46. The summed E-state index contributed by atoms with van der Waals surface area (Å²) >= 11 is 0. The molecular formula is C20H27NO6. The van der Waals surface area contributed by atoms with Crippen LogP contribution in [0.1, 0.15) is 52.7 Å². The fraction of sp³-hybridized carbons (Fsp3) is 0.600. The number of hydrogen-bond donors (Lipinski definition) is 1. The van der Waals surface area contributed by atoms with Gasteiger partial charge in [-0.15, -0.1) is 0 Å². The zero-order valence-corrected chi connectivity index (χ0v) is 16.3. The zero-order chi connectivity index (χ0) is 20.4. The lowest BCUT2D eigenvalue weighted by atomic mass is 9.62. The summed E-state index contributed by atoms with van der Waals surface area (Å²) in [5.41, 5.74) is -1.30. The van der Waals surface area contributed by atoms with E-state index in [1.165, 1.54) is 13.1 Å². The second kappa shape index (κ2) is 8.17. The second-order valence-corrected chi connectivity index (χ2v) is 7.71. The Morgan fingerprint density at radius 3 is 2.26 bits per heavy atom. The summed E-state index contributed by atoms with van der Waals surface area (Å²) in [6, 6.07) is 5.02. The molecule has 148 valence electrons. The summed E-state index contributed by atoms with van der Waals surface area (Å²) in [6.45, 7) is 8.17. The van der Waals surface area contributed by atoms with Gasteiger partial charge in [-0.2, -0.15) is 0 Å². The van der Waals surface area contributed by atoms with Gasteiger partial charge in [0.2, 0.25) is 0 Å². The number of carbonyl (C=O) groups excluding carboxylic acids is 3. The summed E-state index contributed by atoms with van der Waals surface area (Å²) in [5.74, 6) is -5.19. The van der Waals surface area contributed by atoms with Gasteiger partial charge in [-0.25, -0.2) is 0 Å². The van der Waals surface area contributed by atoms with Gasteiger partial charge in [-0.3, -0.25) is 19.4 Å². The van der Waals surface area contributed by atoms with Crippen molar-refractivity contribution in [3.8, 4) is 0 Å². The van der Waals surface area contributed by atoms with Crippen LogP contribution in [0.4, 0.5) is 0 Å². The van der Waals surface area contributed by atoms with E-state index in [1.807, 2.05) is 0 Å². The van der Waals surface area contributed by atoms with E-state index < -0.39 is 53.3 Å². The Kier molecular flexibility index (Phi) is 6.36. The molecule has 0 bridgehead atoms. The number of pyridine rings is 1. The summed E-state index contributed by atoms with van der Waals surface area (Å²) < 4.78 is 10.6. The number of ether oxygens (including phenoxy) is 2. The van der Waals surface area contributed by atoms with Crippen LogP contribution >= 0.6 is 0 Å². The van der Waals surface area contributed by atoms with Crippen molar-refractivity contribution in [2.45, 2.75) is 64.8 Å². The predicted molar refractivity (Wildman–Crippen MR) is 96.7 cm³/mol. The smallest absolute Gasteiger partial charge is 0.317 e. The largest absolute Gasteiger partial charge is 0.463 e. The quantitative estimate of drug-likeness (QED) is 0.618. The molecule has 0 amide bonds. The highest BCUT2D eigenvalue weighted by atomic mass is 16.5. The third-order valence-electron chi connectivity index (χ3n) is 4.51. The lowest BCUT2D eigenvalue weighted by Gasteiger charge is -2.43. The first-order chi connectivity index (χ1) is 12.5. The molecule has 4 atom stereocenters. The Labute approximate surface area is 159 Å². The van der Waals surface area contributed by atoms with E-state index in [9.17, 15) is 19.5 Å². The number of esters is 2. The van der Waals surface area contributed by atoms with Crippen LogP contribution in [0.15, 0.2) is 24.4 Å². The molecular weight excluding hydrogens is 350 g/mol. The van der Waals surface area contributed by atoms with Crippen LogP contribution in [0.5, 0.6) is 0 Å². The minimum atomic E-state index is -1.67. The predicted octanol–water partition coefficient (Wildman–Crippen LogP) is 2.02. The van der Waals surface area contributed by atoms with Gasteiger partial charge < -0.3 is 14.6 Å². The first-order valence-electron chi connectivity index (χ1n) is 9.11. The normalized spacial score (nSPS) is 28.3. The molecule has 1 saturated carbocycles. The number of ketones is 1. The summed E-state index contributed by atoms with van der Waals surface area (Å²) in [4.78, 5) is 42.5. The molecule has 1 aliphatic carbocycles. The Morgan fingerprint density at radius 1 is 1.15 bits per heavy atom. The van der Waals surface area contributed by atoms with Crippen molar-refractivity contribution in [3.63, 3.8) is 0 Å². The Morgan fingerprint density at radius 2 is 1.74 bits per heavy atom. The van der Waals surface area contributed by atoms with Gasteiger partial charge in [-0.1, -0.05) is 6.07 Å². The average Bonchev–Trinajstić information content (AvgIpc) is 2.52. The van der Waals surface area contributed by atoms with Crippen molar-refractivity contribution in [2.75, 3.05) is 0 Å². The fourth-order valence-electron chi connectivity index (χ4n) is 3.56. The summed E-state index contributed by atoms with van der Waals surface area (Å²) in [5, 5.41) is 10.9. The third kappa shape index (κ3) is 4.71. The molecule has 0 aromatic carbocycles. The van der Waals surface area contributed by atoms with Crippen LogP contribution in [0, 0.1) is 11.8 Å². The van der Waals surface area contributed by atoms with Gasteiger partial charge in [0, 0.05) is 24.2 Å². The van der Waals surface area contributed by atoms with Gasteiger partial charge in [0.15, 0.2) is 5.78 Å².